The van der Waals surface area contributed by atoms with Crippen molar-refractivity contribution in [3.63, 3.8) is 0 Å². The average molecular weight is 318 g/mol. The second kappa shape index (κ2) is 7.75. The Hall–Kier alpha value is -0.940. The first-order valence-corrected chi connectivity index (χ1v) is 8.91. The molecule has 0 bridgehead atoms. The molecule has 2 saturated heterocycles. The number of aliphatic hydroxyl groups excluding tert-OH is 1. The van der Waals surface area contributed by atoms with Gasteiger partial charge in [0.1, 0.15) is 0 Å². The zero-order valence-corrected chi connectivity index (χ0v) is 14.3. The lowest BCUT2D eigenvalue weighted by Gasteiger charge is -2.43. The van der Waals surface area contributed by atoms with E-state index in [0.717, 1.165) is 26.2 Å². The predicted octanol–water partition coefficient (Wildman–Crippen LogP) is 1.95. The number of benzene rings is 1. The van der Waals surface area contributed by atoms with Crippen LogP contribution < -0.4 is 0 Å². The average Bonchev–Trinajstić information content (AvgIpc) is 2.91. The van der Waals surface area contributed by atoms with Crippen LogP contribution in [0, 0.1) is 0 Å². The fourth-order valence-corrected chi connectivity index (χ4v) is 4.29. The van der Waals surface area contributed by atoms with Gasteiger partial charge in [0, 0.05) is 18.6 Å². The molecule has 0 amide bonds. The summed E-state index contributed by atoms with van der Waals surface area (Å²) < 4.78 is 5.40. The Morgan fingerprint density at radius 2 is 1.91 bits per heavy atom. The van der Waals surface area contributed by atoms with E-state index in [1.807, 2.05) is 0 Å². The second-order valence-corrected chi connectivity index (χ2v) is 7.09. The van der Waals surface area contributed by atoms with E-state index >= 15 is 0 Å². The summed E-state index contributed by atoms with van der Waals surface area (Å²) >= 11 is 0. The van der Waals surface area contributed by atoms with Gasteiger partial charge in [-0.2, -0.15) is 0 Å². The Morgan fingerprint density at radius 3 is 2.61 bits per heavy atom. The van der Waals surface area contributed by atoms with Crippen LogP contribution >= 0.6 is 0 Å². The molecular formula is C19H30N2O2. The van der Waals surface area contributed by atoms with E-state index in [0.29, 0.717) is 18.1 Å². The van der Waals surface area contributed by atoms with E-state index in [1.54, 1.807) is 0 Å². The lowest BCUT2D eigenvalue weighted by Crippen LogP contribution is -2.51. The summed E-state index contributed by atoms with van der Waals surface area (Å²) in [5, 5.41) is 8.75. The Morgan fingerprint density at radius 1 is 1.17 bits per heavy atom. The molecule has 1 atom stereocenters. The minimum absolute atomic E-state index is 0.120. The van der Waals surface area contributed by atoms with Gasteiger partial charge in [-0.1, -0.05) is 30.3 Å². The largest absolute Gasteiger partial charge is 0.394 e. The molecule has 2 aliphatic rings. The van der Waals surface area contributed by atoms with Gasteiger partial charge in [-0.05, 0) is 50.9 Å². The van der Waals surface area contributed by atoms with E-state index in [4.69, 9.17) is 9.84 Å². The topological polar surface area (TPSA) is 35.9 Å². The zero-order chi connectivity index (χ0) is 16.1. The highest BCUT2D eigenvalue weighted by atomic mass is 16.5. The van der Waals surface area contributed by atoms with Crippen LogP contribution in [0.5, 0.6) is 0 Å². The third kappa shape index (κ3) is 3.94. The van der Waals surface area contributed by atoms with Gasteiger partial charge < -0.3 is 14.7 Å². The maximum absolute atomic E-state index is 8.75. The van der Waals surface area contributed by atoms with Gasteiger partial charge in [0.15, 0.2) is 0 Å². The van der Waals surface area contributed by atoms with Gasteiger partial charge in [0.05, 0.1) is 19.8 Å². The molecular weight excluding hydrogens is 288 g/mol. The smallest absolute Gasteiger partial charge is 0.0698 e. The fourth-order valence-electron chi connectivity index (χ4n) is 4.29. The number of hydrogen-bond acceptors (Lipinski definition) is 4. The van der Waals surface area contributed by atoms with Crippen LogP contribution in [0.1, 0.15) is 30.7 Å². The molecule has 2 aliphatic heterocycles. The lowest BCUT2D eigenvalue weighted by atomic mass is 9.81. The number of likely N-dealkylation sites (tertiary alicyclic amines) is 2. The van der Waals surface area contributed by atoms with E-state index in [-0.39, 0.29) is 6.61 Å². The number of rotatable bonds is 6. The molecule has 128 valence electrons. The summed E-state index contributed by atoms with van der Waals surface area (Å²) in [6.45, 7) is 5.80. The van der Waals surface area contributed by atoms with E-state index in [9.17, 15) is 0 Å². The Labute approximate surface area is 140 Å². The molecule has 1 aromatic rings. The Kier molecular flexibility index (Phi) is 5.70. The van der Waals surface area contributed by atoms with Crippen molar-refractivity contribution in [2.75, 3.05) is 53.0 Å². The summed E-state index contributed by atoms with van der Waals surface area (Å²) in [4.78, 5) is 5.12. The quantitative estimate of drug-likeness (QED) is 0.813. The molecule has 0 aliphatic carbocycles. The van der Waals surface area contributed by atoms with Crippen molar-refractivity contribution in [1.29, 1.82) is 0 Å². The van der Waals surface area contributed by atoms with Crippen molar-refractivity contribution >= 4 is 0 Å². The monoisotopic (exact) mass is 318 g/mol. The second-order valence-electron chi connectivity index (χ2n) is 7.09. The highest BCUT2D eigenvalue weighted by Gasteiger charge is 2.45. The van der Waals surface area contributed by atoms with Gasteiger partial charge in [0.25, 0.3) is 0 Å². The van der Waals surface area contributed by atoms with Crippen molar-refractivity contribution in [2.24, 2.45) is 0 Å². The van der Waals surface area contributed by atoms with E-state index in [1.165, 1.54) is 31.4 Å². The number of ether oxygens (including phenoxy) is 1. The molecule has 2 fully saturated rings. The van der Waals surface area contributed by atoms with Crippen LogP contribution in [-0.2, 0) is 4.74 Å². The number of likely N-dealkylation sites (N-methyl/N-ethyl adjacent to an activating group) is 1. The fraction of sp³-hybridized carbons (Fsp3) is 0.684. The first-order chi connectivity index (χ1) is 11.2. The molecule has 0 aromatic heterocycles. The van der Waals surface area contributed by atoms with E-state index < -0.39 is 0 Å². The summed E-state index contributed by atoms with van der Waals surface area (Å²) in [5.41, 5.74) is 1.89. The van der Waals surface area contributed by atoms with Crippen LogP contribution in [0.4, 0.5) is 0 Å². The first kappa shape index (κ1) is 16.9. The predicted molar refractivity (Wildman–Crippen MR) is 92.7 cm³/mol. The minimum Gasteiger partial charge on any atom is -0.394 e. The molecule has 0 unspecified atom stereocenters. The first-order valence-electron chi connectivity index (χ1n) is 8.91. The zero-order valence-electron chi connectivity index (χ0n) is 14.3. The van der Waals surface area contributed by atoms with Crippen molar-refractivity contribution in [3.05, 3.63) is 35.9 Å². The van der Waals surface area contributed by atoms with Crippen molar-refractivity contribution in [2.45, 2.75) is 30.7 Å². The SMILES string of the molecule is CN1C[C@H](c2ccccc2)CC12CCN(CCOCCO)CC2. The standard InChI is InChI=1S/C19H30N2O2/c1-20-16-18(17-5-3-2-4-6-17)15-19(20)7-9-21(10-8-19)11-13-23-14-12-22/h2-6,18,22H,7-16H2,1H3/t18-/m1/s1. The van der Waals surface area contributed by atoms with Gasteiger partial charge in [-0.25, -0.2) is 0 Å². The minimum atomic E-state index is 0.120. The van der Waals surface area contributed by atoms with Crippen molar-refractivity contribution in [1.82, 2.24) is 9.80 Å². The summed E-state index contributed by atoms with van der Waals surface area (Å²) in [7, 11) is 2.31. The number of aliphatic hydroxyl groups is 1. The molecule has 2 heterocycles. The molecule has 1 aromatic carbocycles. The number of piperidine rings is 1. The molecule has 0 saturated carbocycles. The molecule has 0 radical (unpaired) electrons. The van der Waals surface area contributed by atoms with Gasteiger partial charge in [0.2, 0.25) is 0 Å². The molecule has 1 spiro atoms. The Bertz CT molecular complexity index is 472. The van der Waals surface area contributed by atoms with Gasteiger partial charge in [-0.15, -0.1) is 0 Å². The Balaban J connectivity index is 1.51. The third-order valence-corrected chi connectivity index (χ3v) is 5.78. The van der Waals surface area contributed by atoms with Crippen LogP contribution in [0.3, 0.4) is 0 Å². The van der Waals surface area contributed by atoms with Crippen LogP contribution in [0.25, 0.3) is 0 Å². The third-order valence-electron chi connectivity index (χ3n) is 5.78. The van der Waals surface area contributed by atoms with Gasteiger partial charge >= 0.3 is 0 Å². The lowest BCUT2D eigenvalue weighted by molar-refractivity contribution is 0.0388. The maximum Gasteiger partial charge on any atom is 0.0698 e. The maximum atomic E-state index is 8.75. The van der Waals surface area contributed by atoms with Gasteiger partial charge in [-0.3, -0.25) is 4.90 Å². The summed E-state index contributed by atoms with van der Waals surface area (Å²) in [5.74, 6) is 0.681. The van der Waals surface area contributed by atoms with Crippen LogP contribution in [0.15, 0.2) is 30.3 Å². The van der Waals surface area contributed by atoms with Crippen molar-refractivity contribution < 1.29 is 9.84 Å². The summed E-state index contributed by atoms with van der Waals surface area (Å²) in [6.07, 6.45) is 3.81. The van der Waals surface area contributed by atoms with E-state index in [2.05, 4.69) is 47.2 Å². The molecule has 4 heteroatoms. The normalized spacial score (nSPS) is 25.2. The number of nitrogens with zero attached hydrogens (tertiary/aromatic N) is 2. The molecule has 3 rings (SSSR count). The van der Waals surface area contributed by atoms with Crippen molar-refractivity contribution in [3.8, 4) is 0 Å². The highest BCUT2D eigenvalue weighted by Crippen LogP contribution is 2.43. The molecule has 4 nitrogen and oxygen atoms in total. The van der Waals surface area contributed by atoms with Crippen LogP contribution in [-0.4, -0.2) is 73.5 Å². The number of hydrogen-bond donors (Lipinski definition) is 1. The summed E-state index contributed by atoms with van der Waals surface area (Å²) in [6, 6.07) is 11.0. The molecule has 1 N–H and O–H groups in total. The highest BCUT2D eigenvalue weighted by molar-refractivity contribution is 5.23. The molecule has 23 heavy (non-hydrogen) atoms. The van der Waals surface area contributed by atoms with Crippen LogP contribution in [0.2, 0.25) is 0 Å².